The van der Waals surface area contributed by atoms with E-state index >= 15 is 0 Å². The highest BCUT2D eigenvalue weighted by Gasteiger charge is 2.38. The van der Waals surface area contributed by atoms with Crippen LogP contribution in [0.1, 0.15) is 18.7 Å². The fourth-order valence-electron chi connectivity index (χ4n) is 2.42. The van der Waals surface area contributed by atoms with Gasteiger partial charge < -0.3 is 21.1 Å². The summed E-state index contributed by atoms with van der Waals surface area (Å²) in [4.78, 5) is 12.6. The Labute approximate surface area is 163 Å². The second kappa shape index (κ2) is 10.1. The summed E-state index contributed by atoms with van der Waals surface area (Å²) >= 11 is 1.55. The molecule has 1 aliphatic heterocycles. The lowest BCUT2D eigenvalue weighted by atomic mass is 10.3. The van der Waals surface area contributed by atoms with Crippen LogP contribution in [0.3, 0.4) is 0 Å². The van der Waals surface area contributed by atoms with E-state index in [1.54, 1.807) is 27.6 Å². The van der Waals surface area contributed by atoms with Crippen LogP contribution in [0.4, 0.5) is 0 Å². The van der Waals surface area contributed by atoms with Gasteiger partial charge in [-0.25, -0.2) is 14.3 Å². The molecule has 2 atom stereocenters. The van der Waals surface area contributed by atoms with Gasteiger partial charge in [-0.1, -0.05) is 6.07 Å². The van der Waals surface area contributed by atoms with Gasteiger partial charge in [0.15, 0.2) is 8.37 Å². The van der Waals surface area contributed by atoms with Crippen LogP contribution in [0.25, 0.3) is 0 Å². The molecule has 0 radical (unpaired) electrons. The smallest absolute Gasteiger partial charge is 0.321 e. The number of carboxylic acids is 1. The van der Waals surface area contributed by atoms with Crippen molar-refractivity contribution in [3.05, 3.63) is 22.4 Å². The molecule has 0 saturated heterocycles. The minimum absolute atomic E-state index is 0.136. The maximum atomic E-state index is 11.6. The van der Waals surface area contributed by atoms with Crippen LogP contribution >= 0.6 is 19.7 Å². The van der Waals surface area contributed by atoms with Crippen molar-refractivity contribution in [1.29, 1.82) is 0 Å². The van der Waals surface area contributed by atoms with Gasteiger partial charge in [-0.3, -0.25) is 4.79 Å². The number of nitrogens with zero attached hydrogens (tertiary/aromatic N) is 5. The summed E-state index contributed by atoms with van der Waals surface area (Å²) in [5, 5.41) is 36.0. The summed E-state index contributed by atoms with van der Waals surface area (Å²) in [5.74, 6) is -0.822. The van der Waals surface area contributed by atoms with E-state index in [0.29, 0.717) is 0 Å². The average Bonchev–Trinajstić information content (AvgIpc) is 3.17. The zero-order chi connectivity index (χ0) is 20.0. The SMILES string of the molecule is CC(=NN1CN(C(C)C(=O)O)P(N(CCO)CCO)N=C1N)c1cccs1. The number of hydrazone groups is 1. The number of aliphatic hydroxyl groups is 2. The van der Waals surface area contributed by atoms with Gasteiger partial charge in [0, 0.05) is 13.1 Å². The van der Waals surface area contributed by atoms with Crippen LogP contribution in [0.15, 0.2) is 27.4 Å². The van der Waals surface area contributed by atoms with Crippen LogP contribution in [0, 0.1) is 0 Å². The fraction of sp³-hybridized carbons (Fsp3) is 0.533. The first-order valence-corrected chi connectivity index (χ1v) is 10.4. The van der Waals surface area contributed by atoms with E-state index in [1.807, 2.05) is 24.4 Å². The molecule has 0 amide bonds. The Morgan fingerprint density at radius 3 is 2.67 bits per heavy atom. The van der Waals surface area contributed by atoms with E-state index in [0.717, 1.165) is 10.6 Å². The minimum Gasteiger partial charge on any atom is -0.480 e. The molecule has 150 valence electrons. The molecule has 10 nitrogen and oxygen atoms in total. The number of nitrogens with two attached hydrogens (primary N) is 1. The van der Waals surface area contributed by atoms with E-state index in [-0.39, 0.29) is 38.9 Å². The van der Waals surface area contributed by atoms with Crippen molar-refractivity contribution in [2.24, 2.45) is 15.6 Å². The van der Waals surface area contributed by atoms with Gasteiger partial charge in [-0.15, -0.1) is 11.3 Å². The summed E-state index contributed by atoms with van der Waals surface area (Å²) in [7, 11) is -1.50. The summed E-state index contributed by atoms with van der Waals surface area (Å²) in [6, 6.07) is 3.02. The number of aliphatic hydroxyl groups excluding tert-OH is 2. The monoisotopic (exact) mass is 416 g/mol. The Morgan fingerprint density at radius 2 is 2.15 bits per heavy atom. The molecule has 2 unspecified atom stereocenters. The zero-order valence-electron chi connectivity index (χ0n) is 15.3. The molecule has 1 aromatic rings. The number of hydrogen-bond acceptors (Lipinski definition) is 10. The predicted molar refractivity (Wildman–Crippen MR) is 106 cm³/mol. The second-order valence-electron chi connectivity index (χ2n) is 5.78. The normalized spacial score (nSPS) is 20.0. The topological polar surface area (TPSA) is 138 Å². The number of rotatable bonds is 9. The maximum absolute atomic E-state index is 11.6. The maximum Gasteiger partial charge on any atom is 0.321 e. The summed E-state index contributed by atoms with van der Waals surface area (Å²) in [5.41, 5.74) is 6.85. The summed E-state index contributed by atoms with van der Waals surface area (Å²) in [6.45, 7) is 3.80. The van der Waals surface area contributed by atoms with E-state index in [4.69, 9.17) is 5.73 Å². The van der Waals surface area contributed by atoms with E-state index < -0.39 is 20.4 Å². The third-order valence-electron chi connectivity index (χ3n) is 3.89. The van der Waals surface area contributed by atoms with Crippen molar-refractivity contribution >= 4 is 37.4 Å². The molecular weight excluding hydrogens is 391 g/mol. The minimum atomic E-state index is -1.50. The molecule has 0 aliphatic carbocycles. The predicted octanol–water partition coefficient (Wildman–Crippen LogP) is 0.349. The number of aliphatic carboxylic acids is 1. The first kappa shape index (κ1) is 21.7. The fourth-order valence-corrected chi connectivity index (χ4v) is 5.12. The molecule has 2 rings (SSSR count). The highest BCUT2D eigenvalue weighted by Crippen LogP contribution is 2.49. The molecule has 5 N–H and O–H groups in total. The molecule has 2 heterocycles. The first-order valence-electron chi connectivity index (χ1n) is 8.35. The second-order valence-corrected chi connectivity index (χ2v) is 8.55. The quantitative estimate of drug-likeness (QED) is 0.334. The molecule has 0 fully saturated rings. The molecular formula is C15H25N6O4PS. The molecule has 0 aromatic carbocycles. The number of carbonyl (C=O) groups is 1. The number of thiophene rings is 1. The standard InChI is InChI=1S/C15H25N6O4PS/c1-11(13-4-3-9-27-13)17-20-10-21(12(2)14(24)25)26(18-15(20)16)19(5-7-22)6-8-23/h3-4,9,12,22-23H,5-8,10H2,1-2H3,(H2,16,18)(H,24,25). The van der Waals surface area contributed by atoms with E-state index in [1.165, 1.54) is 5.01 Å². The largest absolute Gasteiger partial charge is 0.480 e. The van der Waals surface area contributed by atoms with Crippen molar-refractivity contribution in [2.75, 3.05) is 33.0 Å². The van der Waals surface area contributed by atoms with Crippen molar-refractivity contribution in [3.63, 3.8) is 0 Å². The lowest BCUT2D eigenvalue weighted by molar-refractivity contribution is -0.141. The van der Waals surface area contributed by atoms with Gasteiger partial charge in [-0.05, 0) is 25.3 Å². The lowest BCUT2D eigenvalue weighted by Crippen LogP contribution is -2.51. The van der Waals surface area contributed by atoms with E-state index in [2.05, 4.69) is 9.86 Å². The highest BCUT2D eigenvalue weighted by molar-refractivity contribution is 7.51. The number of hydrogen-bond donors (Lipinski definition) is 4. The average molecular weight is 416 g/mol. The van der Waals surface area contributed by atoms with Gasteiger partial charge >= 0.3 is 5.97 Å². The van der Waals surface area contributed by atoms with Crippen molar-refractivity contribution in [1.82, 2.24) is 14.3 Å². The molecule has 1 aromatic heterocycles. The lowest BCUT2D eigenvalue weighted by Gasteiger charge is -2.42. The van der Waals surface area contributed by atoms with Gasteiger partial charge in [0.2, 0.25) is 5.96 Å². The highest BCUT2D eigenvalue weighted by atomic mass is 32.1. The van der Waals surface area contributed by atoms with Crippen LogP contribution in [0.2, 0.25) is 0 Å². The molecule has 0 saturated carbocycles. The van der Waals surface area contributed by atoms with Crippen LogP contribution in [0.5, 0.6) is 0 Å². The van der Waals surface area contributed by atoms with Gasteiger partial charge in [0.1, 0.15) is 12.7 Å². The summed E-state index contributed by atoms with van der Waals surface area (Å²) < 4.78 is 7.88. The number of guanidine groups is 1. The van der Waals surface area contributed by atoms with Crippen molar-refractivity contribution in [2.45, 2.75) is 19.9 Å². The molecule has 0 spiro atoms. The number of carboxylic acid groups (broad SMARTS) is 1. The first-order chi connectivity index (χ1) is 12.9. The Morgan fingerprint density at radius 1 is 1.48 bits per heavy atom. The molecule has 1 aliphatic rings. The van der Waals surface area contributed by atoms with Crippen molar-refractivity contribution < 1.29 is 20.1 Å². The molecule has 27 heavy (non-hydrogen) atoms. The van der Waals surface area contributed by atoms with Gasteiger partial charge in [-0.2, -0.15) is 9.86 Å². The van der Waals surface area contributed by atoms with Crippen LogP contribution in [-0.2, 0) is 4.79 Å². The van der Waals surface area contributed by atoms with Crippen molar-refractivity contribution in [3.8, 4) is 0 Å². The van der Waals surface area contributed by atoms with Crippen LogP contribution < -0.4 is 5.73 Å². The van der Waals surface area contributed by atoms with E-state index in [9.17, 15) is 20.1 Å². The summed E-state index contributed by atoms with van der Waals surface area (Å²) in [6.07, 6.45) is 0. The third kappa shape index (κ3) is 5.44. The molecule has 0 bridgehead atoms. The zero-order valence-corrected chi connectivity index (χ0v) is 17.0. The molecule has 12 heteroatoms. The van der Waals surface area contributed by atoms with Crippen LogP contribution in [-0.4, -0.2) is 86.3 Å². The van der Waals surface area contributed by atoms with Gasteiger partial charge in [0.25, 0.3) is 0 Å². The Bertz CT molecular complexity index is 680. The Hall–Kier alpha value is -1.62. The third-order valence-corrected chi connectivity index (χ3v) is 7.09. The van der Waals surface area contributed by atoms with Gasteiger partial charge in [0.05, 0.1) is 23.8 Å². The Balaban J connectivity index is 2.35. The Kier molecular flexibility index (Phi) is 8.08.